The first-order chi connectivity index (χ1) is 9.11. The third-order valence-corrected chi connectivity index (χ3v) is 4.67. The molecule has 1 aliphatic carbocycles. The minimum atomic E-state index is 0. The number of carbonyl (C=O) groups is 1. The second kappa shape index (κ2) is 8.08. The Kier molecular flexibility index (Phi) is 7.10. The van der Waals surface area contributed by atoms with E-state index in [9.17, 15) is 4.79 Å². The zero-order chi connectivity index (χ0) is 13.8. The molecular weight excluding hydrogens is 274 g/mol. The van der Waals surface area contributed by atoms with Gasteiger partial charge in [-0.1, -0.05) is 26.2 Å². The monoisotopic (exact) mass is 303 g/mol. The van der Waals surface area contributed by atoms with Gasteiger partial charge >= 0.3 is 6.03 Å². The predicted octanol–water partition coefficient (Wildman–Crippen LogP) is 2.72. The van der Waals surface area contributed by atoms with Crippen LogP contribution >= 0.6 is 12.4 Å². The van der Waals surface area contributed by atoms with E-state index in [1.165, 1.54) is 32.1 Å². The van der Waals surface area contributed by atoms with E-state index in [0.717, 1.165) is 19.5 Å². The predicted molar refractivity (Wildman–Crippen MR) is 85.5 cm³/mol. The van der Waals surface area contributed by atoms with Crippen LogP contribution in [0.3, 0.4) is 0 Å². The number of carbonyl (C=O) groups excluding carboxylic acids is 1. The van der Waals surface area contributed by atoms with Crippen molar-refractivity contribution in [3.8, 4) is 0 Å². The Bertz CT molecular complexity index is 305. The molecule has 2 rings (SSSR count). The van der Waals surface area contributed by atoms with Crippen molar-refractivity contribution in [2.45, 2.75) is 57.5 Å². The maximum absolute atomic E-state index is 12.6. The third kappa shape index (κ3) is 4.01. The summed E-state index contributed by atoms with van der Waals surface area (Å²) in [5.41, 5.74) is 0. The number of hydrogen-bond acceptors (Lipinski definition) is 2. The molecule has 118 valence electrons. The molecule has 2 atom stereocenters. The van der Waals surface area contributed by atoms with E-state index >= 15 is 0 Å². The van der Waals surface area contributed by atoms with E-state index in [4.69, 9.17) is 0 Å². The molecule has 0 aromatic rings. The van der Waals surface area contributed by atoms with Crippen molar-refractivity contribution in [3.63, 3.8) is 0 Å². The van der Waals surface area contributed by atoms with Crippen molar-refractivity contribution in [3.05, 3.63) is 0 Å². The fraction of sp³-hybridized carbons (Fsp3) is 0.933. The Balaban J connectivity index is 0.00000200. The number of halogens is 1. The summed E-state index contributed by atoms with van der Waals surface area (Å²) in [6.07, 6.45) is 7.37. The van der Waals surface area contributed by atoms with Gasteiger partial charge in [0.2, 0.25) is 0 Å². The molecule has 20 heavy (non-hydrogen) atoms. The van der Waals surface area contributed by atoms with Gasteiger partial charge in [-0.2, -0.15) is 0 Å². The summed E-state index contributed by atoms with van der Waals surface area (Å²) in [6.45, 7) is 4.35. The molecule has 0 unspecified atom stereocenters. The van der Waals surface area contributed by atoms with Gasteiger partial charge < -0.3 is 15.1 Å². The average Bonchev–Trinajstić information content (AvgIpc) is 2.42. The molecular formula is C15H30ClN3O. The van der Waals surface area contributed by atoms with Gasteiger partial charge in [0.05, 0.1) is 0 Å². The van der Waals surface area contributed by atoms with Crippen molar-refractivity contribution >= 4 is 18.4 Å². The number of rotatable bonds is 2. The molecule has 2 fully saturated rings. The maximum Gasteiger partial charge on any atom is 0.319 e. The zero-order valence-electron chi connectivity index (χ0n) is 13.1. The minimum absolute atomic E-state index is 0. The third-order valence-electron chi connectivity index (χ3n) is 4.67. The number of nitrogens with one attached hydrogen (secondary N) is 1. The first-order valence-corrected chi connectivity index (χ1v) is 7.81. The smallest absolute Gasteiger partial charge is 0.319 e. The average molecular weight is 304 g/mol. The lowest BCUT2D eigenvalue weighted by molar-refractivity contribution is 0.0698. The molecule has 1 saturated heterocycles. The van der Waals surface area contributed by atoms with E-state index in [1.807, 2.05) is 14.1 Å². The standard InChI is InChI=1S/C15H29N3O.ClH/c1-12-11-16-10-9-14(12)18(15(19)17(2)3)13-7-5-4-6-8-13;/h12-14,16H,4-11H2,1-3H3;1H/t12-,14-;/m1./s1. The summed E-state index contributed by atoms with van der Waals surface area (Å²) in [5.74, 6) is 0.555. The summed E-state index contributed by atoms with van der Waals surface area (Å²) >= 11 is 0. The number of hydrogen-bond donors (Lipinski definition) is 1. The molecule has 1 heterocycles. The van der Waals surface area contributed by atoms with Gasteiger partial charge in [0.15, 0.2) is 0 Å². The Morgan fingerprint density at radius 3 is 2.30 bits per heavy atom. The van der Waals surface area contributed by atoms with Crippen LogP contribution in [0, 0.1) is 5.92 Å². The molecule has 0 bridgehead atoms. The van der Waals surface area contributed by atoms with Crippen molar-refractivity contribution in [2.75, 3.05) is 27.2 Å². The van der Waals surface area contributed by atoms with Crippen LogP contribution < -0.4 is 5.32 Å². The second-order valence-corrected chi connectivity index (χ2v) is 6.41. The Labute approximate surface area is 129 Å². The highest BCUT2D eigenvalue weighted by Gasteiger charge is 2.36. The summed E-state index contributed by atoms with van der Waals surface area (Å²) in [4.78, 5) is 16.6. The number of piperidine rings is 1. The van der Waals surface area contributed by atoms with E-state index in [0.29, 0.717) is 18.0 Å². The maximum atomic E-state index is 12.6. The van der Waals surface area contributed by atoms with Gasteiger partial charge in [-0.05, 0) is 38.3 Å². The SMILES string of the molecule is C[C@@H]1CNCC[C@H]1N(C(=O)N(C)C)C1CCCCC1.Cl. The lowest BCUT2D eigenvalue weighted by Crippen LogP contribution is -2.57. The van der Waals surface area contributed by atoms with Crippen molar-refractivity contribution < 1.29 is 4.79 Å². The van der Waals surface area contributed by atoms with Crippen molar-refractivity contribution in [2.24, 2.45) is 5.92 Å². The van der Waals surface area contributed by atoms with Crippen LogP contribution in [0.25, 0.3) is 0 Å². The van der Waals surface area contributed by atoms with Crippen molar-refractivity contribution in [1.82, 2.24) is 15.1 Å². The molecule has 0 aromatic heterocycles. The molecule has 2 amide bonds. The second-order valence-electron chi connectivity index (χ2n) is 6.41. The highest BCUT2D eigenvalue weighted by molar-refractivity contribution is 5.85. The van der Waals surface area contributed by atoms with Crippen molar-refractivity contribution in [1.29, 1.82) is 0 Å². The molecule has 0 aromatic carbocycles. The van der Waals surface area contributed by atoms with Gasteiger partial charge in [-0.25, -0.2) is 4.79 Å². The van der Waals surface area contributed by atoms with Gasteiger partial charge in [0.1, 0.15) is 0 Å². The Morgan fingerprint density at radius 1 is 1.10 bits per heavy atom. The van der Waals surface area contributed by atoms with Crippen LogP contribution in [0.1, 0.15) is 45.4 Å². The zero-order valence-corrected chi connectivity index (χ0v) is 13.9. The number of urea groups is 1. The number of nitrogens with zero attached hydrogens (tertiary/aromatic N) is 2. The minimum Gasteiger partial charge on any atom is -0.331 e. The summed E-state index contributed by atoms with van der Waals surface area (Å²) in [5, 5.41) is 3.44. The molecule has 4 nitrogen and oxygen atoms in total. The molecule has 1 N–H and O–H groups in total. The van der Waals surface area contributed by atoms with Crippen LogP contribution in [-0.4, -0.2) is 55.1 Å². The molecule has 1 aliphatic heterocycles. The van der Waals surface area contributed by atoms with Gasteiger partial charge in [0.25, 0.3) is 0 Å². The molecule has 0 radical (unpaired) electrons. The Morgan fingerprint density at radius 2 is 1.75 bits per heavy atom. The lowest BCUT2D eigenvalue weighted by Gasteiger charge is -2.45. The summed E-state index contributed by atoms with van der Waals surface area (Å²) in [6, 6.07) is 1.10. The first kappa shape index (κ1) is 17.6. The van der Waals surface area contributed by atoms with Gasteiger partial charge in [-0.15, -0.1) is 12.4 Å². The van der Waals surface area contributed by atoms with E-state index < -0.39 is 0 Å². The van der Waals surface area contributed by atoms with Crippen LogP contribution in [0.2, 0.25) is 0 Å². The fourth-order valence-electron chi connectivity index (χ4n) is 3.57. The fourth-order valence-corrected chi connectivity index (χ4v) is 3.57. The Hall–Kier alpha value is -0.480. The molecule has 0 spiro atoms. The van der Waals surface area contributed by atoms with E-state index in [-0.39, 0.29) is 18.4 Å². The lowest BCUT2D eigenvalue weighted by atomic mass is 9.88. The highest BCUT2D eigenvalue weighted by Crippen LogP contribution is 2.29. The number of amides is 2. The quantitative estimate of drug-likeness (QED) is 0.851. The van der Waals surface area contributed by atoms with E-state index in [2.05, 4.69) is 17.1 Å². The molecule has 5 heteroatoms. The topological polar surface area (TPSA) is 35.6 Å². The first-order valence-electron chi connectivity index (χ1n) is 7.81. The van der Waals surface area contributed by atoms with Crippen LogP contribution in [0.4, 0.5) is 4.79 Å². The van der Waals surface area contributed by atoms with Gasteiger partial charge in [0, 0.05) is 26.2 Å². The molecule has 1 saturated carbocycles. The summed E-state index contributed by atoms with van der Waals surface area (Å²) in [7, 11) is 3.76. The van der Waals surface area contributed by atoms with Crippen LogP contribution in [0.15, 0.2) is 0 Å². The molecule has 2 aliphatic rings. The highest BCUT2D eigenvalue weighted by atomic mass is 35.5. The van der Waals surface area contributed by atoms with Gasteiger partial charge in [-0.3, -0.25) is 0 Å². The normalized spacial score (nSPS) is 27.6. The largest absolute Gasteiger partial charge is 0.331 e. The summed E-state index contributed by atoms with van der Waals surface area (Å²) < 4.78 is 0. The van der Waals surface area contributed by atoms with Crippen LogP contribution in [0.5, 0.6) is 0 Å². The van der Waals surface area contributed by atoms with Crippen LogP contribution in [-0.2, 0) is 0 Å². The van der Waals surface area contributed by atoms with E-state index in [1.54, 1.807) is 4.90 Å².